The topological polar surface area (TPSA) is 35.6 Å². The average molecular weight is 402 g/mol. The van der Waals surface area contributed by atoms with E-state index in [0.717, 1.165) is 48.4 Å². The molecular weight excluding hydrogens is 378 g/mol. The lowest BCUT2D eigenvalue weighted by Crippen LogP contribution is -2.46. The van der Waals surface area contributed by atoms with Crippen molar-refractivity contribution in [2.45, 2.75) is 13.8 Å². The van der Waals surface area contributed by atoms with Crippen molar-refractivity contribution in [2.24, 2.45) is 0 Å². The van der Waals surface area contributed by atoms with E-state index in [1.807, 2.05) is 37.3 Å². The third-order valence-electron chi connectivity index (χ3n) is 4.76. The Morgan fingerprint density at radius 1 is 1.12 bits per heavy atom. The molecular formula is C20H24BrN3O. The fourth-order valence-corrected chi connectivity index (χ4v) is 3.61. The molecule has 1 heterocycles. The summed E-state index contributed by atoms with van der Waals surface area (Å²) in [4.78, 5) is 17.4. The second kappa shape index (κ2) is 8.02. The maximum Gasteiger partial charge on any atom is 0.256 e. The van der Waals surface area contributed by atoms with Crippen LogP contribution in [0.1, 0.15) is 22.8 Å². The van der Waals surface area contributed by atoms with Gasteiger partial charge in [0.1, 0.15) is 0 Å². The van der Waals surface area contributed by atoms with Gasteiger partial charge in [0.2, 0.25) is 0 Å². The molecule has 0 saturated carbocycles. The number of carbonyl (C=O) groups is 1. The van der Waals surface area contributed by atoms with E-state index in [9.17, 15) is 4.79 Å². The largest absolute Gasteiger partial charge is 0.369 e. The van der Waals surface area contributed by atoms with Crippen LogP contribution in [-0.4, -0.2) is 43.5 Å². The fourth-order valence-electron chi connectivity index (χ4n) is 3.14. The molecule has 1 aliphatic heterocycles. The van der Waals surface area contributed by atoms with Gasteiger partial charge in [-0.1, -0.05) is 19.1 Å². The number of rotatable bonds is 4. The minimum absolute atomic E-state index is 0.0973. The summed E-state index contributed by atoms with van der Waals surface area (Å²) in [6.07, 6.45) is 0. The van der Waals surface area contributed by atoms with Crippen molar-refractivity contribution in [1.82, 2.24) is 4.90 Å². The van der Waals surface area contributed by atoms with Crippen LogP contribution in [0.3, 0.4) is 0 Å². The Hall–Kier alpha value is -1.85. The second-order valence-electron chi connectivity index (χ2n) is 6.35. The van der Waals surface area contributed by atoms with Gasteiger partial charge in [0.25, 0.3) is 5.91 Å². The number of hydrogen-bond acceptors (Lipinski definition) is 3. The van der Waals surface area contributed by atoms with E-state index < -0.39 is 0 Å². The molecule has 0 aromatic heterocycles. The molecule has 0 spiro atoms. The second-order valence-corrected chi connectivity index (χ2v) is 7.21. The zero-order valence-electron chi connectivity index (χ0n) is 14.8. The summed E-state index contributed by atoms with van der Waals surface area (Å²) in [5.41, 5.74) is 3.81. The highest BCUT2D eigenvalue weighted by atomic mass is 79.9. The van der Waals surface area contributed by atoms with Gasteiger partial charge in [-0.2, -0.15) is 0 Å². The van der Waals surface area contributed by atoms with Crippen LogP contribution in [0.15, 0.2) is 46.9 Å². The zero-order chi connectivity index (χ0) is 17.8. The Balaban J connectivity index is 1.70. The van der Waals surface area contributed by atoms with Crippen LogP contribution in [0, 0.1) is 6.92 Å². The van der Waals surface area contributed by atoms with Crippen LogP contribution in [-0.2, 0) is 0 Å². The lowest BCUT2D eigenvalue weighted by Gasteiger charge is -2.35. The van der Waals surface area contributed by atoms with Crippen molar-refractivity contribution in [2.75, 3.05) is 42.9 Å². The Labute approximate surface area is 158 Å². The van der Waals surface area contributed by atoms with E-state index in [1.54, 1.807) is 0 Å². The fraction of sp³-hybridized carbons (Fsp3) is 0.350. The molecule has 0 bridgehead atoms. The number of hydrogen-bond donors (Lipinski definition) is 1. The van der Waals surface area contributed by atoms with Crippen LogP contribution in [0.4, 0.5) is 11.4 Å². The Morgan fingerprint density at radius 3 is 2.48 bits per heavy atom. The van der Waals surface area contributed by atoms with Crippen LogP contribution in [0.5, 0.6) is 0 Å². The average Bonchev–Trinajstić information content (AvgIpc) is 2.63. The number of benzene rings is 2. The first-order valence-corrected chi connectivity index (χ1v) is 9.51. The van der Waals surface area contributed by atoms with Gasteiger partial charge in [-0.15, -0.1) is 0 Å². The number of carbonyl (C=O) groups excluding carboxylic acids is 1. The third kappa shape index (κ3) is 4.22. The number of nitrogens with zero attached hydrogens (tertiary/aromatic N) is 2. The number of likely N-dealkylation sites (N-methyl/N-ethyl adjacent to an activating group) is 1. The van der Waals surface area contributed by atoms with E-state index in [1.165, 1.54) is 5.69 Å². The summed E-state index contributed by atoms with van der Waals surface area (Å²) in [5, 5.41) is 3.02. The number of piperazine rings is 1. The molecule has 0 unspecified atom stereocenters. The monoisotopic (exact) mass is 401 g/mol. The Morgan fingerprint density at radius 2 is 1.84 bits per heavy atom. The van der Waals surface area contributed by atoms with Crippen molar-refractivity contribution in [3.63, 3.8) is 0 Å². The highest BCUT2D eigenvalue weighted by Gasteiger charge is 2.17. The summed E-state index contributed by atoms with van der Waals surface area (Å²) in [6.45, 7) is 9.69. The van der Waals surface area contributed by atoms with Gasteiger partial charge in [0.15, 0.2) is 0 Å². The first-order chi connectivity index (χ1) is 12.1. The van der Waals surface area contributed by atoms with Crippen LogP contribution >= 0.6 is 15.9 Å². The minimum Gasteiger partial charge on any atom is -0.369 e. The molecule has 2 aromatic rings. The lowest BCUT2D eigenvalue weighted by atomic mass is 10.1. The SMILES string of the molecule is CCN1CCN(c2ccc(NC(=O)c3ccccc3Br)c(C)c2)CC1. The van der Waals surface area contributed by atoms with Crippen molar-refractivity contribution in [3.8, 4) is 0 Å². The highest BCUT2D eigenvalue weighted by molar-refractivity contribution is 9.10. The van der Waals surface area contributed by atoms with Gasteiger partial charge in [-0.05, 0) is 65.3 Å². The van der Waals surface area contributed by atoms with Crippen LogP contribution < -0.4 is 10.2 Å². The molecule has 4 nitrogen and oxygen atoms in total. The van der Waals surface area contributed by atoms with Gasteiger partial charge in [0, 0.05) is 42.0 Å². The van der Waals surface area contributed by atoms with Crippen molar-refractivity contribution in [1.29, 1.82) is 0 Å². The number of anilines is 2. The summed E-state index contributed by atoms with van der Waals surface area (Å²) in [5.74, 6) is -0.0973. The van der Waals surface area contributed by atoms with Crippen molar-refractivity contribution < 1.29 is 4.79 Å². The first-order valence-electron chi connectivity index (χ1n) is 8.72. The predicted octanol–water partition coefficient (Wildman–Crippen LogP) is 4.15. The smallest absolute Gasteiger partial charge is 0.256 e. The van der Waals surface area contributed by atoms with E-state index in [4.69, 9.17) is 0 Å². The van der Waals surface area contributed by atoms with E-state index in [2.05, 4.69) is 50.1 Å². The molecule has 0 aliphatic carbocycles. The van der Waals surface area contributed by atoms with Crippen molar-refractivity contribution in [3.05, 3.63) is 58.1 Å². The number of halogens is 1. The van der Waals surface area contributed by atoms with E-state index in [-0.39, 0.29) is 5.91 Å². The molecule has 3 rings (SSSR count). The van der Waals surface area contributed by atoms with Gasteiger partial charge in [0.05, 0.1) is 5.56 Å². The van der Waals surface area contributed by atoms with E-state index in [0.29, 0.717) is 5.56 Å². The highest BCUT2D eigenvalue weighted by Crippen LogP contribution is 2.25. The maximum atomic E-state index is 12.5. The number of nitrogens with one attached hydrogen (secondary N) is 1. The summed E-state index contributed by atoms with van der Waals surface area (Å²) in [7, 11) is 0. The molecule has 2 aromatic carbocycles. The molecule has 1 saturated heterocycles. The Bertz CT molecular complexity index is 754. The standard InChI is InChI=1S/C20H24BrN3O/c1-3-23-10-12-24(13-11-23)16-8-9-19(15(2)14-16)22-20(25)17-6-4-5-7-18(17)21/h4-9,14H,3,10-13H2,1-2H3,(H,22,25). The first kappa shape index (κ1) is 18.0. The van der Waals surface area contributed by atoms with Gasteiger partial charge < -0.3 is 15.1 Å². The van der Waals surface area contributed by atoms with Crippen molar-refractivity contribution >= 4 is 33.2 Å². The minimum atomic E-state index is -0.0973. The number of aryl methyl sites for hydroxylation is 1. The van der Waals surface area contributed by atoms with Crippen LogP contribution in [0.2, 0.25) is 0 Å². The normalized spacial score (nSPS) is 15.2. The molecule has 25 heavy (non-hydrogen) atoms. The zero-order valence-corrected chi connectivity index (χ0v) is 16.3. The molecule has 0 atom stereocenters. The quantitative estimate of drug-likeness (QED) is 0.835. The molecule has 1 aliphatic rings. The summed E-state index contributed by atoms with van der Waals surface area (Å²) < 4.78 is 0.801. The maximum absolute atomic E-state index is 12.5. The van der Waals surface area contributed by atoms with Gasteiger partial charge in [-0.25, -0.2) is 0 Å². The molecule has 1 fully saturated rings. The van der Waals surface area contributed by atoms with Crippen LogP contribution in [0.25, 0.3) is 0 Å². The van der Waals surface area contributed by atoms with Gasteiger partial charge in [-0.3, -0.25) is 4.79 Å². The Kier molecular flexibility index (Phi) is 5.76. The molecule has 1 amide bonds. The predicted molar refractivity (Wildman–Crippen MR) is 108 cm³/mol. The molecule has 0 radical (unpaired) electrons. The number of amides is 1. The molecule has 132 valence electrons. The molecule has 5 heteroatoms. The third-order valence-corrected chi connectivity index (χ3v) is 5.45. The lowest BCUT2D eigenvalue weighted by molar-refractivity contribution is 0.102. The summed E-state index contributed by atoms with van der Waals surface area (Å²) >= 11 is 3.43. The molecule has 1 N–H and O–H groups in total. The summed E-state index contributed by atoms with van der Waals surface area (Å²) in [6, 6.07) is 13.7. The van der Waals surface area contributed by atoms with E-state index >= 15 is 0 Å². The van der Waals surface area contributed by atoms with Gasteiger partial charge >= 0.3 is 0 Å².